The third-order valence-corrected chi connectivity index (χ3v) is 25.2. The van der Waals surface area contributed by atoms with Crippen molar-refractivity contribution in [1.82, 2.24) is 0 Å². The van der Waals surface area contributed by atoms with Crippen LogP contribution in [0.1, 0.15) is 20.8 Å². The zero-order valence-electron chi connectivity index (χ0n) is 15.5. The van der Waals surface area contributed by atoms with Crippen LogP contribution in [-0.4, -0.2) is 36.8 Å². The van der Waals surface area contributed by atoms with E-state index in [2.05, 4.69) is 86.8 Å². The molecular weight excluding hydrogens is 277 g/mol. The van der Waals surface area contributed by atoms with E-state index >= 15 is 0 Å². The average Bonchev–Trinajstić information content (AvgIpc) is 1.92. The van der Waals surface area contributed by atoms with Gasteiger partial charge in [-0.1, -0.05) is 0 Å². The molecule has 0 aromatic rings. The molecule has 0 unspecified atom stereocenters. The van der Waals surface area contributed by atoms with Crippen LogP contribution in [0, 0.1) is 0 Å². The van der Waals surface area contributed by atoms with Gasteiger partial charge >= 0.3 is 126 Å². The van der Waals surface area contributed by atoms with Gasteiger partial charge in [-0.05, 0) is 0 Å². The van der Waals surface area contributed by atoms with Gasteiger partial charge in [0.25, 0.3) is 0 Å². The predicted octanol–water partition coefficient (Wildman–Crippen LogP) is 5.46. The molecule has 0 radical (unpaired) electrons. The molecule has 0 aliphatic heterocycles. The Labute approximate surface area is 126 Å². The van der Waals surface area contributed by atoms with Gasteiger partial charge < -0.3 is 0 Å². The molecule has 0 atom stereocenters. The van der Waals surface area contributed by atoms with Gasteiger partial charge in [-0.25, -0.2) is 0 Å². The van der Waals surface area contributed by atoms with E-state index in [4.69, 9.17) is 4.90 Å². The first-order chi connectivity index (χ1) is 7.96. The summed E-state index contributed by atoms with van der Waals surface area (Å²) in [5.74, 6) is 0. The summed E-state index contributed by atoms with van der Waals surface area (Å²) in [5, 5.41) is 0. The van der Waals surface area contributed by atoms with Crippen LogP contribution >= 0.6 is 0 Å². The molecule has 0 N–H and O–H groups in total. The van der Waals surface area contributed by atoms with E-state index in [1.807, 2.05) is 0 Å². The van der Waals surface area contributed by atoms with Crippen molar-refractivity contribution in [3.63, 3.8) is 0 Å². The van der Waals surface area contributed by atoms with Crippen molar-refractivity contribution < 1.29 is 0 Å². The van der Waals surface area contributed by atoms with Crippen molar-refractivity contribution in [2.24, 2.45) is 4.90 Å². The minimum absolute atomic E-state index is 0.0458. The molecule has 0 rings (SSSR count). The van der Waals surface area contributed by atoms with Crippen LogP contribution in [0.2, 0.25) is 63.1 Å². The Bertz CT molecular complexity index is 302. The first kappa shape index (κ1) is 19.5. The summed E-state index contributed by atoms with van der Waals surface area (Å²) >= 11 is 0. The third kappa shape index (κ3) is 4.24. The third-order valence-electron chi connectivity index (χ3n) is 4.19. The van der Waals surface area contributed by atoms with Gasteiger partial charge in [0, 0.05) is 0 Å². The fourth-order valence-electron chi connectivity index (χ4n) is 4.25. The van der Waals surface area contributed by atoms with Gasteiger partial charge in [0.15, 0.2) is 0 Å². The summed E-state index contributed by atoms with van der Waals surface area (Å²) in [4.78, 5) is 5.01. The Morgan fingerprint density at radius 3 is 1.05 bits per heavy atom. The molecule has 0 aromatic heterocycles. The summed E-state index contributed by atoms with van der Waals surface area (Å²) in [6.07, 6.45) is 0. The van der Waals surface area contributed by atoms with E-state index in [1.165, 1.54) is 0 Å². The topological polar surface area (TPSA) is 12.4 Å². The Kier molecular flexibility index (Phi) is 5.52. The molecule has 0 fully saturated rings. The van der Waals surface area contributed by atoms with Gasteiger partial charge in [0.1, 0.15) is 0 Å². The molecule has 112 valence electrons. The molecule has 0 spiro atoms. The summed E-state index contributed by atoms with van der Waals surface area (Å²) in [7, 11) is -1.54. The van der Waals surface area contributed by atoms with Gasteiger partial charge in [-0.15, -0.1) is 0 Å². The van der Waals surface area contributed by atoms with Crippen LogP contribution in [0.3, 0.4) is 0 Å². The summed E-state index contributed by atoms with van der Waals surface area (Å²) in [5.41, 5.74) is 0.0458. The van der Waals surface area contributed by atoms with E-state index in [0.717, 1.165) is 0 Å². The Morgan fingerprint density at radius 1 is 0.632 bits per heavy atom. The van der Waals surface area contributed by atoms with Gasteiger partial charge in [0.05, 0.1) is 0 Å². The first-order valence-corrected chi connectivity index (χ1v) is 18.0. The molecular formula is C14H36BNSi3. The van der Waals surface area contributed by atoms with Crippen molar-refractivity contribution in [3.8, 4) is 0 Å². The maximum atomic E-state index is 5.01. The molecule has 1 nitrogen and oxygen atoms in total. The quantitative estimate of drug-likeness (QED) is 0.611. The molecule has 0 heterocycles. The van der Waals surface area contributed by atoms with Crippen LogP contribution in [0.4, 0.5) is 0 Å². The first-order valence-electron chi connectivity index (χ1n) is 7.52. The fourth-order valence-corrected chi connectivity index (χ4v) is 32.6. The number of rotatable bonds is 4. The monoisotopic (exact) mass is 313 g/mol. The van der Waals surface area contributed by atoms with Crippen LogP contribution in [0.15, 0.2) is 4.90 Å². The maximum absolute atomic E-state index is 5.01. The zero-order valence-corrected chi connectivity index (χ0v) is 18.5. The molecule has 19 heavy (non-hydrogen) atoms. The van der Waals surface area contributed by atoms with Crippen molar-refractivity contribution in [2.45, 2.75) is 89.4 Å². The Balaban J connectivity index is 6.21. The molecule has 0 saturated carbocycles. The molecule has 5 heteroatoms. The Morgan fingerprint density at radius 2 is 0.895 bits per heavy atom. The fraction of sp³-hybridized carbons (Fsp3) is 1.00. The standard InChI is InChI=1S/C14H36BNSi3/c1-13(2,3)16-15-14(17(4,5)6,18(7,8)9)19(10,11)12/h1-12H3. The second kappa shape index (κ2) is 5.37. The van der Waals surface area contributed by atoms with Gasteiger partial charge in [-0.2, -0.15) is 0 Å². The van der Waals surface area contributed by atoms with Crippen LogP contribution in [0.25, 0.3) is 0 Å². The van der Waals surface area contributed by atoms with Crippen molar-refractivity contribution in [1.29, 1.82) is 0 Å². The Hall–Kier alpha value is 0.516. The molecule has 0 aliphatic carbocycles. The van der Waals surface area contributed by atoms with Crippen LogP contribution in [0.5, 0.6) is 0 Å². The normalized spacial score (nSPS) is 15.8. The number of hydrogen-bond acceptors (Lipinski definition) is 1. The van der Waals surface area contributed by atoms with Crippen molar-refractivity contribution >= 4 is 31.3 Å². The van der Waals surface area contributed by atoms with E-state index in [-0.39, 0.29) is 5.54 Å². The number of hydrogen-bond donors (Lipinski definition) is 0. The van der Waals surface area contributed by atoms with Gasteiger partial charge in [-0.3, -0.25) is 0 Å². The second-order valence-corrected chi connectivity index (χ2v) is 27.4. The van der Waals surface area contributed by atoms with Gasteiger partial charge in [0.2, 0.25) is 0 Å². The van der Waals surface area contributed by atoms with E-state index in [9.17, 15) is 0 Å². The summed E-state index contributed by atoms with van der Waals surface area (Å²) in [6.45, 7) is 29.6. The average molecular weight is 314 g/mol. The van der Waals surface area contributed by atoms with Crippen molar-refractivity contribution in [3.05, 3.63) is 0 Å². The molecule has 0 saturated heterocycles. The predicted molar refractivity (Wildman–Crippen MR) is 101 cm³/mol. The van der Waals surface area contributed by atoms with Crippen molar-refractivity contribution in [2.75, 3.05) is 0 Å². The molecule has 0 aromatic carbocycles. The van der Waals surface area contributed by atoms with Crippen LogP contribution in [-0.2, 0) is 0 Å². The second-order valence-electron chi connectivity index (χ2n) is 9.99. The van der Waals surface area contributed by atoms with E-state index < -0.39 is 24.2 Å². The van der Waals surface area contributed by atoms with E-state index in [0.29, 0.717) is 4.18 Å². The summed E-state index contributed by atoms with van der Waals surface area (Å²) < 4.78 is 0.445. The molecule has 0 amide bonds. The zero-order chi connectivity index (χ0) is 15.9. The number of nitrogens with zero attached hydrogens (tertiary/aromatic N) is 1. The van der Waals surface area contributed by atoms with Crippen LogP contribution < -0.4 is 0 Å². The minimum atomic E-state index is -1.33. The summed E-state index contributed by atoms with van der Waals surface area (Å²) in [6, 6.07) is 0. The SMILES string of the molecule is CC(C)(C)N=BC([Si](C)(C)C)([Si](C)(C)C)[Si](C)(C)C. The molecule has 0 aliphatic rings. The molecule has 0 bridgehead atoms. The van der Waals surface area contributed by atoms with E-state index in [1.54, 1.807) is 0 Å².